The summed E-state index contributed by atoms with van der Waals surface area (Å²) in [5.41, 5.74) is -0.956. The maximum Gasteiger partial charge on any atom is 0.416 e. The van der Waals surface area contributed by atoms with E-state index < -0.39 is 29.7 Å². The molecule has 1 unspecified atom stereocenters. The van der Waals surface area contributed by atoms with Crippen LogP contribution in [0, 0.1) is 0 Å². The van der Waals surface area contributed by atoms with Crippen LogP contribution < -0.4 is 0 Å². The molecule has 0 bridgehead atoms. The Kier molecular flexibility index (Phi) is 6.14. The number of nitrogens with zero attached hydrogens (tertiary/aromatic N) is 3. The van der Waals surface area contributed by atoms with Gasteiger partial charge in [-0.15, -0.1) is 0 Å². The van der Waals surface area contributed by atoms with E-state index in [1.54, 1.807) is 24.5 Å². The molecule has 2 aromatic carbocycles. The molecule has 1 aliphatic rings. The normalized spacial score (nSPS) is 16.0. The van der Waals surface area contributed by atoms with Gasteiger partial charge in [0, 0.05) is 23.5 Å². The van der Waals surface area contributed by atoms with Gasteiger partial charge in [-0.1, -0.05) is 35.5 Å². The van der Waals surface area contributed by atoms with Crippen LogP contribution in [0.4, 0.5) is 26.3 Å². The maximum atomic E-state index is 13.5. The Balaban J connectivity index is 1.56. The maximum absolute atomic E-state index is 13.5. The van der Waals surface area contributed by atoms with E-state index in [-0.39, 0.29) is 29.8 Å². The summed E-state index contributed by atoms with van der Waals surface area (Å²) < 4.78 is 86.4. The highest BCUT2D eigenvalue weighted by molar-refractivity contribution is 5.96. The third-order valence-electron chi connectivity index (χ3n) is 5.69. The van der Waals surface area contributed by atoms with Gasteiger partial charge >= 0.3 is 12.4 Å². The third-order valence-corrected chi connectivity index (χ3v) is 5.69. The second-order valence-electron chi connectivity index (χ2n) is 8.26. The summed E-state index contributed by atoms with van der Waals surface area (Å²) in [6.45, 7) is 0.00940. The van der Waals surface area contributed by atoms with Crippen molar-refractivity contribution in [3.63, 3.8) is 0 Å². The molecule has 1 atom stereocenters. The smallest absolute Gasteiger partial charge is 0.416 e. The first-order chi connectivity index (χ1) is 17.6. The van der Waals surface area contributed by atoms with Crippen molar-refractivity contribution in [2.24, 2.45) is 5.16 Å². The van der Waals surface area contributed by atoms with Gasteiger partial charge in [0.15, 0.2) is 5.76 Å². The summed E-state index contributed by atoms with van der Waals surface area (Å²) in [4.78, 5) is 11.1. The zero-order valence-electron chi connectivity index (χ0n) is 18.8. The molecule has 5 rings (SSSR count). The molecule has 0 N–H and O–H groups in total. The lowest BCUT2D eigenvalue weighted by atomic mass is 10.0. The predicted octanol–water partition coefficient (Wildman–Crippen LogP) is 7.27. The number of rotatable bonds is 5. The van der Waals surface area contributed by atoms with Gasteiger partial charge in [-0.3, -0.25) is 4.98 Å². The first-order valence-corrected chi connectivity index (χ1v) is 10.9. The average molecular weight is 517 g/mol. The minimum Gasteiger partial charge on any atom is -0.461 e. The summed E-state index contributed by atoms with van der Waals surface area (Å²) in [5.74, 6) is 0.351. The quantitative estimate of drug-likeness (QED) is 0.261. The molecule has 190 valence electrons. The van der Waals surface area contributed by atoms with Gasteiger partial charge in [0.1, 0.15) is 0 Å². The lowest BCUT2D eigenvalue weighted by Crippen LogP contribution is -2.31. The lowest BCUT2D eigenvalue weighted by Gasteiger charge is -2.26. The molecule has 4 aromatic rings. The molecular formula is C26H17F6N3O2. The van der Waals surface area contributed by atoms with E-state index >= 15 is 0 Å². The van der Waals surface area contributed by atoms with Gasteiger partial charge in [0.2, 0.25) is 12.1 Å². The molecule has 0 fully saturated rings. The van der Waals surface area contributed by atoms with Crippen molar-refractivity contribution in [2.45, 2.75) is 25.1 Å². The first-order valence-electron chi connectivity index (χ1n) is 10.9. The van der Waals surface area contributed by atoms with E-state index in [2.05, 4.69) is 10.1 Å². The van der Waals surface area contributed by atoms with E-state index in [4.69, 9.17) is 9.25 Å². The van der Waals surface area contributed by atoms with Crippen molar-refractivity contribution in [1.82, 2.24) is 9.88 Å². The predicted molar refractivity (Wildman–Crippen MR) is 121 cm³/mol. The molecular weight excluding hydrogens is 500 g/mol. The SMILES string of the molecule is FC(F)(F)c1cc(C2ON=C(c3ccco3)N2Cc2cncc(-c3ccccc3)c2)cc(C(F)(F)F)c1. The molecule has 0 amide bonds. The second kappa shape index (κ2) is 9.30. The average Bonchev–Trinajstić information content (AvgIpc) is 3.54. The van der Waals surface area contributed by atoms with Gasteiger partial charge in [0.05, 0.1) is 23.9 Å². The van der Waals surface area contributed by atoms with Crippen LogP contribution in [0.2, 0.25) is 0 Å². The van der Waals surface area contributed by atoms with Gasteiger partial charge in [-0.2, -0.15) is 26.3 Å². The largest absolute Gasteiger partial charge is 0.461 e. The van der Waals surface area contributed by atoms with Crippen molar-refractivity contribution in [2.75, 3.05) is 0 Å². The van der Waals surface area contributed by atoms with Crippen LogP contribution in [-0.2, 0) is 23.7 Å². The van der Waals surface area contributed by atoms with Gasteiger partial charge in [-0.25, -0.2) is 0 Å². The van der Waals surface area contributed by atoms with Gasteiger partial charge < -0.3 is 14.2 Å². The monoisotopic (exact) mass is 517 g/mol. The van der Waals surface area contributed by atoms with Crippen LogP contribution in [0.15, 0.2) is 95.0 Å². The zero-order valence-corrected chi connectivity index (χ0v) is 18.8. The third kappa shape index (κ3) is 5.16. The second-order valence-corrected chi connectivity index (χ2v) is 8.26. The number of amidine groups is 1. The molecule has 0 saturated heterocycles. The summed E-state index contributed by atoms with van der Waals surface area (Å²) in [6.07, 6.45) is -6.82. The fourth-order valence-corrected chi connectivity index (χ4v) is 3.99. The number of aromatic nitrogens is 1. The van der Waals surface area contributed by atoms with E-state index in [0.717, 1.165) is 11.1 Å². The van der Waals surface area contributed by atoms with Crippen LogP contribution >= 0.6 is 0 Å². The van der Waals surface area contributed by atoms with Gasteiger partial charge in [0.25, 0.3) is 0 Å². The van der Waals surface area contributed by atoms with Crippen molar-refractivity contribution in [1.29, 1.82) is 0 Å². The summed E-state index contributed by atoms with van der Waals surface area (Å²) in [7, 11) is 0. The lowest BCUT2D eigenvalue weighted by molar-refractivity contribution is -0.143. The Morgan fingerprint density at radius 2 is 1.49 bits per heavy atom. The van der Waals surface area contributed by atoms with Crippen LogP contribution in [0.25, 0.3) is 11.1 Å². The topological polar surface area (TPSA) is 50.9 Å². The van der Waals surface area contributed by atoms with Crippen LogP contribution in [0.1, 0.15) is 34.2 Å². The van der Waals surface area contributed by atoms with Gasteiger partial charge in [-0.05, 0) is 47.5 Å². The number of oxime groups is 1. The van der Waals surface area contributed by atoms with E-state index in [1.165, 1.54) is 11.2 Å². The van der Waals surface area contributed by atoms with E-state index in [0.29, 0.717) is 17.7 Å². The zero-order chi connectivity index (χ0) is 26.2. The van der Waals surface area contributed by atoms with Crippen LogP contribution in [0.3, 0.4) is 0 Å². The van der Waals surface area contributed by atoms with E-state index in [9.17, 15) is 26.3 Å². The molecule has 0 spiro atoms. The van der Waals surface area contributed by atoms with Crippen molar-refractivity contribution < 1.29 is 35.6 Å². The van der Waals surface area contributed by atoms with Crippen molar-refractivity contribution >= 4 is 5.84 Å². The van der Waals surface area contributed by atoms with Crippen molar-refractivity contribution in [3.05, 3.63) is 113 Å². The first kappa shape index (κ1) is 24.4. The highest BCUT2D eigenvalue weighted by Gasteiger charge is 2.40. The van der Waals surface area contributed by atoms with Crippen LogP contribution in [0.5, 0.6) is 0 Å². The molecule has 1 aliphatic heterocycles. The van der Waals surface area contributed by atoms with Crippen LogP contribution in [-0.4, -0.2) is 15.7 Å². The Morgan fingerprint density at radius 3 is 2.11 bits per heavy atom. The minimum absolute atomic E-state index is 0.00940. The molecule has 2 aromatic heterocycles. The number of alkyl halides is 6. The fraction of sp³-hybridized carbons (Fsp3) is 0.154. The number of benzene rings is 2. The molecule has 11 heteroatoms. The molecule has 37 heavy (non-hydrogen) atoms. The molecule has 0 radical (unpaired) electrons. The number of halogens is 6. The molecule has 0 aliphatic carbocycles. The van der Waals surface area contributed by atoms with Crippen molar-refractivity contribution in [3.8, 4) is 11.1 Å². The summed E-state index contributed by atoms with van der Waals surface area (Å²) in [6, 6.07) is 15.7. The highest BCUT2D eigenvalue weighted by atomic mass is 19.4. The molecule has 0 saturated carbocycles. The Labute approximate surface area is 206 Å². The minimum atomic E-state index is -5.00. The Hall–Kier alpha value is -4.28. The fourth-order valence-electron chi connectivity index (χ4n) is 3.99. The Bertz CT molecular complexity index is 1380. The highest BCUT2D eigenvalue weighted by Crippen LogP contribution is 2.40. The Morgan fingerprint density at radius 1 is 0.784 bits per heavy atom. The number of pyridine rings is 1. The number of hydrogen-bond donors (Lipinski definition) is 0. The summed E-state index contributed by atoms with van der Waals surface area (Å²) in [5, 5.41) is 3.94. The summed E-state index contributed by atoms with van der Waals surface area (Å²) >= 11 is 0. The number of furan rings is 1. The molecule has 3 heterocycles. The number of hydrogen-bond acceptors (Lipinski definition) is 5. The standard InChI is InChI=1S/C26H17F6N3O2/c27-25(28,29)20-10-18(11-21(12-20)26(30,31)32)24-35(23(34-37-24)22-7-4-8-36-22)15-16-9-19(14-33-13-16)17-5-2-1-3-6-17/h1-14,24H,15H2. The van der Waals surface area contributed by atoms with E-state index in [1.807, 2.05) is 36.4 Å². The molecule has 5 nitrogen and oxygen atoms in total.